The van der Waals surface area contributed by atoms with Gasteiger partial charge >= 0.3 is 6.03 Å². The summed E-state index contributed by atoms with van der Waals surface area (Å²) in [7, 11) is 3.53. The normalized spacial score (nSPS) is 12.9. The molecule has 0 radical (unpaired) electrons. The zero-order chi connectivity index (χ0) is 19.2. The molecule has 0 spiro atoms. The number of nitrogens with zero attached hydrogens (tertiary/aromatic N) is 2. The zero-order valence-corrected chi connectivity index (χ0v) is 15.7. The molecule has 6 nitrogen and oxygen atoms in total. The van der Waals surface area contributed by atoms with Gasteiger partial charge in [0.25, 0.3) is 0 Å². The van der Waals surface area contributed by atoms with Crippen LogP contribution in [0.1, 0.15) is 36.0 Å². The van der Waals surface area contributed by atoms with Crippen LogP contribution in [-0.2, 0) is 7.05 Å². The molecule has 0 fully saturated rings. The van der Waals surface area contributed by atoms with E-state index in [1.807, 2.05) is 79.3 Å². The number of carbonyl (C=O) groups is 1. The van der Waals surface area contributed by atoms with Crippen molar-refractivity contribution in [2.45, 2.75) is 19.0 Å². The third kappa shape index (κ3) is 4.47. The van der Waals surface area contributed by atoms with E-state index in [4.69, 9.17) is 4.74 Å². The average molecular weight is 364 g/mol. The van der Waals surface area contributed by atoms with Crippen LogP contribution in [0, 0.1) is 0 Å². The van der Waals surface area contributed by atoms with E-state index >= 15 is 0 Å². The number of nitrogens with one attached hydrogen (secondary N) is 2. The summed E-state index contributed by atoms with van der Waals surface area (Å²) in [5, 5.41) is 6.03. The van der Waals surface area contributed by atoms with Gasteiger partial charge in [-0.1, -0.05) is 42.5 Å². The van der Waals surface area contributed by atoms with Gasteiger partial charge in [0.2, 0.25) is 0 Å². The second-order valence-electron chi connectivity index (χ2n) is 6.36. The summed E-state index contributed by atoms with van der Waals surface area (Å²) in [6, 6.07) is 16.7. The number of urea groups is 1. The lowest BCUT2D eigenvalue weighted by Gasteiger charge is -2.22. The topological polar surface area (TPSA) is 68.2 Å². The molecule has 1 aromatic heterocycles. The van der Waals surface area contributed by atoms with Crippen LogP contribution in [0.2, 0.25) is 0 Å². The highest BCUT2D eigenvalue weighted by atomic mass is 16.5. The molecule has 140 valence electrons. The second-order valence-corrected chi connectivity index (χ2v) is 6.36. The highest BCUT2D eigenvalue weighted by Gasteiger charge is 2.22. The van der Waals surface area contributed by atoms with Gasteiger partial charge in [-0.25, -0.2) is 9.78 Å². The number of benzene rings is 2. The van der Waals surface area contributed by atoms with Gasteiger partial charge in [-0.3, -0.25) is 0 Å². The highest BCUT2D eigenvalue weighted by Crippen LogP contribution is 2.24. The molecule has 2 N–H and O–H groups in total. The summed E-state index contributed by atoms with van der Waals surface area (Å²) in [6.07, 6.45) is 3.57. The smallest absolute Gasteiger partial charge is 0.316 e. The molecule has 3 aromatic rings. The Morgan fingerprint density at radius 2 is 1.81 bits per heavy atom. The second kappa shape index (κ2) is 8.40. The number of aromatic nitrogens is 2. The summed E-state index contributed by atoms with van der Waals surface area (Å²) in [5.41, 5.74) is 1.94. The number of ether oxygens (including phenoxy) is 1. The SMILES string of the molecule is COc1cccc([C@@H](NC(=O)N[C@@H](C)c2ccccc2)c2nccn2C)c1. The number of hydrogen-bond acceptors (Lipinski definition) is 3. The first kappa shape index (κ1) is 18.5. The molecule has 27 heavy (non-hydrogen) atoms. The van der Waals surface area contributed by atoms with Crippen LogP contribution >= 0.6 is 0 Å². The Bertz CT molecular complexity index is 892. The first-order valence-corrected chi connectivity index (χ1v) is 8.81. The van der Waals surface area contributed by atoms with Gasteiger partial charge in [0.1, 0.15) is 17.6 Å². The van der Waals surface area contributed by atoms with Crippen molar-refractivity contribution in [1.82, 2.24) is 20.2 Å². The molecule has 2 amide bonds. The molecule has 0 saturated carbocycles. The minimum Gasteiger partial charge on any atom is -0.497 e. The maximum absolute atomic E-state index is 12.7. The third-order valence-corrected chi connectivity index (χ3v) is 4.47. The van der Waals surface area contributed by atoms with Crippen molar-refractivity contribution in [3.63, 3.8) is 0 Å². The van der Waals surface area contributed by atoms with E-state index in [0.717, 1.165) is 22.7 Å². The van der Waals surface area contributed by atoms with E-state index in [0.29, 0.717) is 0 Å². The van der Waals surface area contributed by atoms with Gasteiger partial charge in [-0.05, 0) is 30.2 Å². The lowest BCUT2D eigenvalue weighted by Crippen LogP contribution is -2.40. The van der Waals surface area contributed by atoms with Crippen LogP contribution in [0.15, 0.2) is 67.0 Å². The Morgan fingerprint density at radius 1 is 1.07 bits per heavy atom. The molecule has 1 heterocycles. The molecular formula is C21H24N4O2. The average Bonchev–Trinajstić information content (AvgIpc) is 3.12. The Morgan fingerprint density at radius 3 is 2.48 bits per heavy atom. The van der Waals surface area contributed by atoms with Crippen molar-refractivity contribution >= 4 is 6.03 Å². The van der Waals surface area contributed by atoms with E-state index in [2.05, 4.69) is 15.6 Å². The maximum Gasteiger partial charge on any atom is 0.316 e. The summed E-state index contributed by atoms with van der Waals surface area (Å²) in [5.74, 6) is 1.47. The highest BCUT2D eigenvalue weighted by molar-refractivity contribution is 5.75. The summed E-state index contributed by atoms with van der Waals surface area (Å²) < 4.78 is 7.22. The van der Waals surface area contributed by atoms with Gasteiger partial charge in [0, 0.05) is 19.4 Å². The molecule has 0 aliphatic heterocycles. The molecule has 0 aliphatic carbocycles. The van der Waals surface area contributed by atoms with Crippen molar-refractivity contribution in [2.24, 2.45) is 7.05 Å². The van der Waals surface area contributed by atoms with Gasteiger partial charge in [0.15, 0.2) is 0 Å². The van der Waals surface area contributed by atoms with Crippen molar-refractivity contribution in [2.75, 3.05) is 7.11 Å². The fraction of sp³-hybridized carbons (Fsp3) is 0.238. The molecule has 2 atom stereocenters. The van der Waals surface area contributed by atoms with Gasteiger partial charge in [-0.2, -0.15) is 0 Å². The number of hydrogen-bond donors (Lipinski definition) is 2. The number of imidazole rings is 1. The molecule has 0 bridgehead atoms. The first-order valence-electron chi connectivity index (χ1n) is 8.81. The minimum absolute atomic E-state index is 0.112. The fourth-order valence-electron chi connectivity index (χ4n) is 2.97. The standard InChI is InChI=1S/C21H24N4O2/c1-15(16-8-5-4-6-9-16)23-21(26)24-19(20-22-12-13-25(20)2)17-10-7-11-18(14-17)27-3/h4-15,19H,1-3H3,(H2,23,24,26)/t15-,19+/m0/s1. The van der Waals surface area contributed by atoms with E-state index in [9.17, 15) is 4.79 Å². The summed E-state index contributed by atoms with van der Waals surface area (Å²) in [6.45, 7) is 1.95. The lowest BCUT2D eigenvalue weighted by molar-refractivity contribution is 0.235. The molecule has 6 heteroatoms. The zero-order valence-electron chi connectivity index (χ0n) is 15.7. The minimum atomic E-state index is -0.400. The van der Waals surface area contributed by atoms with Crippen LogP contribution in [0.3, 0.4) is 0 Å². The Balaban J connectivity index is 1.81. The monoisotopic (exact) mass is 364 g/mol. The Kier molecular flexibility index (Phi) is 5.76. The van der Waals surface area contributed by atoms with Gasteiger partial charge in [-0.15, -0.1) is 0 Å². The number of carbonyl (C=O) groups excluding carboxylic acids is 1. The van der Waals surface area contributed by atoms with Crippen molar-refractivity contribution in [1.29, 1.82) is 0 Å². The third-order valence-electron chi connectivity index (χ3n) is 4.47. The fourth-order valence-corrected chi connectivity index (χ4v) is 2.97. The molecule has 3 rings (SSSR count). The summed E-state index contributed by atoms with van der Waals surface area (Å²) in [4.78, 5) is 17.1. The summed E-state index contributed by atoms with van der Waals surface area (Å²) >= 11 is 0. The largest absolute Gasteiger partial charge is 0.497 e. The van der Waals surface area contributed by atoms with Crippen LogP contribution in [-0.4, -0.2) is 22.7 Å². The number of methoxy groups -OCH3 is 1. The quantitative estimate of drug-likeness (QED) is 0.702. The maximum atomic E-state index is 12.7. The Hall–Kier alpha value is -3.28. The Labute approximate surface area is 159 Å². The lowest BCUT2D eigenvalue weighted by atomic mass is 10.1. The number of aryl methyl sites for hydroxylation is 1. The van der Waals surface area contributed by atoms with E-state index in [-0.39, 0.29) is 12.1 Å². The first-order chi connectivity index (χ1) is 13.1. The van der Waals surface area contributed by atoms with Gasteiger partial charge < -0.3 is 19.9 Å². The van der Waals surface area contributed by atoms with Crippen molar-refractivity contribution in [3.05, 3.63) is 83.9 Å². The molecular weight excluding hydrogens is 340 g/mol. The molecule has 0 unspecified atom stereocenters. The molecule has 0 aliphatic rings. The van der Waals surface area contributed by atoms with E-state index < -0.39 is 6.04 Å². The predicted octanol–water partition coefficient (Wildman–Crippen LogP) is 3.58. The predicted molar refractivity (Wildman–Crippen MR) is 105 cm³/mol. The van der Waals surface area contributed by atoms with Crippen molar-refractivity contribution in [3.8, 4) is 5.75 Å². The van der Waals surface area contributed by atoms with Gasteiger partial charge in [0.05, 0.1) is 13.2 Å². The number of rotatable bonds is 6. The van der Waals surface area contributed by atoms with Crippen molar-refractivity contribution < 1.29 is 9.53 Å². The van der Waals surface area contributed by atoms with Crippen LogP contribution < -0.4 is 15.4 Å². The van der Waals surface area contributed by atoms with Crippen LogP contribution in [0.5, 0.6) is 5.75 Å². The number of amides is 2. The molecule has 2 aromatic carbocycles. The van der Waals surface area contributed by atoms with Crippen LogP contribution in [0.25, 0.3) is 0 Å². The molecule has 0 saturated heterocycles. The van der Waals surface area contributed by atoms with Crippen LogP contribution in [0.4, 0.5) is 4.79 Å². The van der Waals surface area contributed by atoms with E-state index in [1.54, 1.807) is 13.3 Å². The van der Waals surface area contributed by atoms with E-state index in [1.165, 1.54) is 0 Å².